The molecule has 0 aliphatic carbocycles. The Labute approximate surface area is 168 Å². The molecule has 4 aromatic rings. The van der Waals surface area contributed by atoms with Crippen LogP contribution in [0.25, 0.3) is 16.6 Å². The van der Waals surface area contributed by atoms with Crippen LogP contribution < -0.4 is 10.5 Å². The first-order valence-electron chi connectivity index (χ1n) is 9.22. The van der Waals surface area contributed by atoms with Gasteiger partial charge in [0.25, 0.3) is 0 Å². The number of para-hydroxylation sites is 1. The van der Waals surface area contributed by atoms with Crippen LogP contribution in [0.2, 0.25) is 0 Å². The number of nitrogens with two attached hydrogens (primary N) is 1. The summed E-state index contributed by atoms with van der Waals surface area (Å²) in [6, 6.07) is 9.37. The highest BCUT2D eigenvalue weighted by atomic mass is 19.4. The van der Waals surface area contributed by atoms with Crippen LogP contribution in [-0.2, 0) is 25.8 Å². The summed E-state index contributed by atoms with van der Waals surface area (Å²) in [7, 11) is 1.56. The number of fused-ring (bicyclic) bond motifs is 4. The Morgan fingerprint density at radius 1 is 1.10 bits per heavy atom. The normalized spacial score (nSPS) is 14.5. The van der Waals surface area contributed by atoms with Crippen molar-refractivity contribution in [1.29, 1.82) is 0 Å². The lowest BCUT2D eigenvalue weighted by Crippen LogP contribution is -2.16. The second-order valence-corrected chi connectivity index (χ2v) is 7.22. The average Bonchev–Trinajstić information content (AvgIpc) is 3.30. The van der Waals surface area contributed by atoms with E-state index in [0.717, 1.165) is 17.0 Å². The van der Waals surface area contributed by atoms with E-state index < -0.39 is 11.7 Å². The third kappa shape index (κ3) is 3.00. The third-order valence-corrected chi connectivity index (χ3v) is 5.24. The van der Waals surface area contributed by atoms with Crippen molar-refractivity contribution in [2.24, 2.45) is 0 Å². The number of alkyl halides is 3. The van der Waals surface area contributed by atoms with E-state index in [2.05, 4.69) is 15.1 Å². The van der Waals surface area contributed by atoms with Gasteiger partial charge in [-0.3, -0.25) is 4.90 Å². The molecule has 7 nitrogen and oxygen atoms in total. The molecule has 0 unspecified atom stereocenters. The van der Waals surface area contributed by atoms with Crippen LogP contribution in [0.4, 0.5) is 19.1 Å². The van der Waals surface area contributed by atoms with Gasteiger partial charge in [0.05, 0.1) is 19.2 Å². The fraction of sp³-hybridized carbons (Fsp3) is 0.250. The van der Waals surface area contributed by atoms with Crippen molar-refractivity contribution in [1.82, 2.24) is 24.5 Å². The van der Waals surface area contributed by atoms with E-state index in [0.29, 0.717) is 47.9 Å². The van der Waals surface area contributed by atoms with Crippen molar-refractivity contribution in [3.63, 3.8) is 0 Å². The predicted octanol–water partition coefficient (Wildman–Crippen LogP) is 3.40. The molecule has 30 heavy (non-hydrogen) atoms. The van der Waals surface area contributed by atoms with E-state index in [4.69, 9.17) is 10.5 Å². The number of halogens is 3. The zero-order chi connectivity index (χ0) is 21.0. The summed E-state index contributed by atoms with van der Waals surface area (Å²) in [6.07, 6.45) is -4.35. The lowest BCUT2D eigenvalue weighted by atomic mass is 10.1. The largest absolute Gasteiger partial charge is 0.494 e. The number of rotatable bonds is 3. The molecule has 0 fully saturated rings. The van der Waals surface area contributed by atoms with Gasteiger partial charge in [0.1, 0.15) is 11.3 Å². The maximum absolute atomic E-state index is 13.0. The standard InChI is InChI=1S/C20H17F3N6O/c1-30-15-4-2-3-14-17(15)26-19(24)29-18(14)25-16(27-29)10-28-8-11-5-6-13(20(21,22)23)7-12(11)9-28/h2-7H,8-10H2,1H3,(H2,24,26). The summed E-state index contributed by atoms with van der Waals surface area (Å²) in [6.45, 7) is 1.31. The molecule has 0 amide bonds. The SMILES string of the molecule is COc1cccc2c1nc(N)n1nc(CN3Cc4ccc(C(F)(F)F)cc4C3)nc21. The van der Waals surface area contributed by atoms with Crippen LogP contribution in [0.1, 0.15) is 22.5 Å². The molecule has 1 aliphatic heterocycles. The van der Waals surface area contributed by atoms with Crippen molar-refractivity contribution in [2.75, 3.05) is 12.8 Å². The highest BCUT2D eigenvalue weighted by Crippen LogP contribution is 2.34. The number of aromatic nitrogens is 4. The van der Waals surface area contributed by atoms with Crippen molar-refractivity contribution in [2.45, 2.75) is 25.8 Å². The molecule has 5 rings (SSSR count). The molecule has 1 aliphatic rings. The number of hydrogen-bond donors (Lipinski definition) is 1. The van der Waals surface area contributed by atoms with Crippen molar-refractivity contribution in [3.05, 3.63) is 58.9 Å². The van der Waals surface area contributed by atoms with Gasteiger partial charge in [0.15, 0.2) is 11.5 Å². The lowest BCUT2D eigenvalue weighted by Gasteiger charge is -2.11. The molecular formula is C20H17F3N6O. The second-order valence-electron chi connectivity index (χ2n) is 7.22. The first-order chi connectivity index (χ1) is 14.3. The fourth-order valence-corrected chi connectivity index (χ4v) is 3.85. The minimum atomic E-state index is -4.35. The molecule has 0 atom stereocenters. The van der Waals surface area contributed by atoms with E-state index in [1.54, 1.807) is 13.2 Å². The molecule has 2 aromatic heterocycles. The Hall–Kier alpha value is -3.40. The number of ether oxygens (including phenoxy) is 1. The van der Waals surface area contributed by atoms with Gasteiger partial charge >= 0.3 is 6.18 Å². The molecule has 2 aromatic carbocycles. The molecular weight excluding hydrogens is 397 g/mol. The van der Waals surface area contributed by atoms with Gasteiger partial charge in [-0.05, 0) is 35.4 Å². The van der Waals surface area contributed by atoms with Gasteiger partial charge in [0.2, 0.25) is 5.95 Å². The number of anilines is 1. The fourth-order valence-electron chi connectivity index (χ4n) is 3.85. The second kappa shape index (κ2) is 6.56. The van der Waals surface area contributed by atoms with Gasteiger partial charge in [-0.25, -0.2) is 9.97 Å². The monoisotopic (exact) mass is 414 g/mol. The highest BCUT2D eigenvalue weighted by Gasteiger charge is 2.32. The molecule has 0 radical (unpaired) electrons. The molecule has 0 bridgehead atoms. The zero-order valence-corrected chi connectivity index (χ0v) is 15.9. The average molecular weight is 414 g/mol. The van der Waals surface area contributed by atoms with Gasteiger partial charge in [-0.1, -0.05) is 12.1 Å². The van der Waals surface area contributed by atoms with Crippen LogP contribution in [0.15, 0.2) is 36.4 Å². The number of benzene rings is 2. The quantitative estimate of drug-likeness (QED) is 0.553. The summed E-state index contributed by atoms with van der Waals surface area (Å²) in [5.74, 6) is 1.28. The first kappa shape index (κ1) is 18.6. The molecule has 0 saturated carbocycles. The van der Waals surface area contributed by atoms with Gasteiger partial charge in [-0.15, -0.1) is 5.10 Å². The number of hydrogen-bond acceptors (Lipinski definition) is 6. The third-order valence-electron chi connectivity index (χ3n) is 5.24. The van der Waals surface area contributed by atoms with E-state index in [1.807, 2.05) is 17.0 Å². The Kier molecular flexibility index (Phi) is 4.07. The van der Waals surface area contributed by atoms with Crippen LogP contribution in [0.3, 0.4) is 0 Å². The summed E-state index contributed by atoms with van der Waals surface area (Å²) < 4.78 is 45.8. The lowest BCUT2D eigenvalue weighted by molar-refractivity contribution is -0.137. The molecule has 154 valence electrons. The van der Waals surface area contributed by atoms with Crippen molar-refractivity contribution < 1.29 is 17.9 Å². The number of nitrogens with zero attached hydrogens (tertiary/aromatic N) is 5. The first-order valence-corrected chi connectivity index (χ1v) is 9.22. The van der Waals surface area contributed by atoms with Gasteiger partial charge in [0, 0.05) is 18.5 Å². The van der Waals surface area contributed by atoms with E-state index >= 15 is 0 Å². The van der Waals surface area contributed by atoms with Crippen molar-refractivity contribution in [3.8, 4) is 5.75 Å². The van der Waals surface area contributed by atoms with Crippen LogP contribution in [0.5, 0.6) is 5.75 Å². The van der Waals surface area contributed by atoms with Crippen LogP contribution in [0, 0.1) is 0 Å². The maximum atomic E-state index is 13.0. The molecule has 0 spiro atoms. The highest BCUT2D eigenvalue weighted by molar-refractivity contribution is 5.95. The van der Waals surface area contributed by atoms with Crippen LogP contribution >= 0.6 is 0 Å². The Morgan fingerprint density at radius 2 is 1.90 bits per heavy atom. The van der Waals surface area contributed by atoms with Crippen LogP contribution in [-0.4, -0.2) is 31.6 Å². The molecule has 2 N–H and O–H groups in total. The predicted molar refractivity (Wildman–Crippen MR) is 104 cm³/mol. The van der Waals surface area contributed by atoms with Gasteiger partial charge < -0.3 is 10.5 Å². The number of methoxy groups -OCH3 is 1. The molecule has 0 saturated heterocycles. The topological polar surface area (TPSA) is 81.6 Å². The van der Waals surface area contributed by atoms with E-state index in [-0.39, 0.29) is 5.95 Å². The summed E-state index contributed by atoms with van der Waals surface area (Å²) >= 11 is 0. The minimum absolute atomic E-state index is 0.181. The van der Waals surface area contributed by atoms with Crippen molar-refractivity contribution >= 4 is 22.5 Å². The molecule has 10 heteroatoms. The minimum Gasteiger partial charge on any atom is -0.494 e. The van der Waals surface area contributed by atoms with E-state index in [1.165, 1.54) is 16.6 Å². The zero-order valence-electron chi connectivity index (χ0n) is 15.9. The van der Waals surface area contributed by atoms with E-state index in [9.17, 15) is 13.2 Å². The summed E-state index contributed by atoms with van der Waals surface area (Å²) in [5, 5.41) is 5.21. The summed E-state index contributed by atoms with van der Waals surface area (Å²) in [4.78, 5) is 11.0. The Balaban J connectivity index is 1.46. The summed E-state index contributed by atoms with van der Waals surface area (Å²) in [5.41, 5.74) is 8.14. The maximum Gasteiger partial charge on any atom is 0.416 e. The Morgan fingerprint density at radius 3 is 2.67 bits per heavy atom. The molecule has 3 heterocycles. The van der Waals surface area contributed by atoms with Gasteiger partial charge in [-0.2, -0.15) is 17.7 Å². The number of nitrogen functional groups attached to an aromatic ring is 1. The smallest absolute Gasteiger partial charge is 0.416 e. The Bertz CT molecular complexity index is 1280.